The van der Waals surface area contributed by atoms with Crippen LogP contribution in [0, 0.1) is 10.1 Å². The summed E-state index contributed by atoms with van der Waals surface area (Å²) in [6.07, 6.45) is 2.77. The maximum Gasteiger partial charge on any atom is 0.338 e. The largest absolute Gasteiger partial charge is 0.496 e. The molecular weight excluding hydrogens is 697 g/mol. The number of nitrogens with zero attached hydrogens (tertiary/aromatic N) is 3. The summed E-state index contributed by atoms with van der Waals surface area (Å²) in [7, 11) is 1.52. The lowest BCUT2D eigenvalue weighted by Crippen LogP contribution is -2.40. The molecule has 3 heterocycles. The third-order valence-electron chi connectivity index (χ3n) is 6.78. The number of carbonyl (C=O) groups excluding carboxylic acids is 1. The summed E-state index contributed by atoms with van der Waals surface area (Å²) in [6.45, 7) is 3.85. The van der Waals surface area contributed by atoms with Gasteiger partial charge in [0.1, 0.15) is 28.3 Å². The number of fused-ring (bicyclic) bond motifs is 1. The van der Waals surface area contributed by atoms with Crippen LogP contribution in [0.4, 0.5) is 5.69 Å². The third kappa shape index (κ3) is 5.99. The molecule has 5 rings (SSSR count). The topological polar surface area (TPSA) is 126 Å². The minimum atomic E-state index is -0.866. The minimum absolute atomic E-state index is 0.0827. The van der Waals surface area contributed by atoms with Gasteiger partial charge < -0.3 is 13.9 Å². The van der Waals surface area contributed by atoms with E-state index in [1.54, 1.807) is 31.2 Å². The summed E-state index contributed by atoms with van der Waals surface area (Å²) in [5.74, 6) is 0.556. The molecule has 4 aromatic rings. The smallest absolute Gasteiger partial charge is 0.338 e. The van der Waals surface area contributed by atoms with Crippen LogP contribution in [0.5, 0.6) is 5.75 Å². The average Bonchev–Trinajstić information content (AvgIpc) is 3.57. The van der Waals surface area contributed by atoms with Crippen LogP contribution in [0.25, 0.3) is 17.4 Å². The van der Waals surface area contributed by atoms with Gasteiger partial charge in [-0.05, 0) is 49.7 Å². The lowest BCUT2D eigenvalue weighted by atomic mass is 9.93. The van der Waals surface area contributed by atoms with Gasteiger partial charge in [-0.15, -0.1) is 0 Å². The van der Waals surface area contributed by atoms with Gasteiger partial charge in [0.25, 0.3) is 11.2 Å². The Balaban J connectivity index is 1.69. The monoisotopic (exact) mass is 719 g/mol. The van der Waals surface area contributed by atoms with E-state index in [9.17, 15) is 19.7 Å². The van der Waals surface area contributed by atoms with E-state index in [1.165, 1.54) is 17.7 Å². The molecule has 0 radical (unpaired) electrons. The summed E-state index contributed by atoms with van der Waals surface area (Å²) in [5, 5.41) is 11.2. The van der Waals surface area contributed by atoms with Crippen LogP contribution in [0.1, 0.15) is 44.1 Å². The molecule has 14 heteroatoms. The van der Waals surface area contributed by atoms with Crippen molar-refractivity contribution in [3.8, 4) is 17.1 Å². The van der Waals surface area contributed by atoms with E-state index in [4.69, 9.17) is 42.1 Å². The van der Waals surface area contributed by atoms with Crippen LogP contribution >= 0.6 is 50.5 Å². The van der Waals surface area contributed by atoms with E-state index in [1.807, 2.05) is 19.1 Å². The summed E-state index contributed by atoms with van der Waals surface area (Å²) in [6, 6.07) is 10.3. The quantitative estimate of drug-likeness (QED) is 0.105. The highest BCUT2D eigenvalue weighted by Gasteiger charge is 2.36. The Morgan fingerprint density at radius 1 is 1.20 bits per heavy atom. The molecule has 0 spiro atoms. The molecule has 0 saturated carbocycles. The van der Waals surface area contributed by atoms with Crippen molar-refractivity contribution < 1.29 is 23.6 Å². The van der Waals surface area contributed by atoms with Gasteiger partial charge >= 0.3 is 5.97 Å². The molecule has 0 amide bonds. The highest BCUT2D eigenvalue weighted by atomic mass is 79.9. The van der Waals surface area contributed by atoms with E-state index < -0.39 is 22.5 Å². The highest BCUT2D eigenvalue weighted by molar-refractivity contribution is 9.10. The molecule has 0 fully saturated rings. The molecule has 10 nitrogen and oxygen atoms in total. The molecular formula is C30H24BrCl2N3O7S. The molecule has 2 aromatic carbocycles. The van der Waals surface area contributed by atoms with Crippen LogP contribution in [0.15, 0.2) is 72.4 Å². The first kappa shape index (κ1) is 31.7. The lowest BCUT2D eigenvalue weighted by Gasteiger charge is -2.27. The van der Waals surface area contributed by atoms with Gasteiger partial charge in [-0.25, -0.2) is 9.79 Å². The van der Waals surface area contributed by atoms with Crippen molar-refractivity contribution in [3.05, 3.63) is 109 Å². The Bertz CT molecular complexity index is 2010. The number of nitro groups is 1. The summed E-state index contributed by atoms with van der Waals surface area (Å²) in [5.41, 5.74) is 1.03. The number of carbonyl (C=O) groups is 1. The Morgan fingerprint density at radius 2 is 1.98 bits per heavy atom. The molecule has 0 saturated heterocycles. The van der Waals surface area contributed by atoms with Crippen LogP contribution in [-0.2, 0) is 9.53 Å². The second-order valence-corrected chi connectivity index (χ2v) is 12.3. The van der Waals surface area contributed by atoms with Gasteiger partial charge in [0.15, 0.2) is 4.80 Å². The standard InChI is InChI=1S/C30H24BrCl2N3O7S/c1-4-6-21-26(29(38)42-5-2)27(18-11-15(31)7-9-23(18)41-3)35-28(37)25(44-30(35)34-21)12-16-8-10-24(43-16)17-13-20(33)22(36(39)40)14-19(17)32/h7-14,27H,4-6H2,1-3H3/b25-12+/t27-/m1/s1. The van der Waals surface area contributed by atoms with Gasteiger partial charge in [0, 0.05) is 27.7 Å². The zero-order chi connectivity index (χ0) is 31.7. The molecule has 228 valence electrons. The van der Waals surface area contributed by atoms with E-state index in [-0.39, 0.29) is 27.9 Å². The molecule has 1 aliphatic rings. The number of halogens is 3. The van der Waals surface area contributed by atoms with E-state index >= 15 is 0 Å². The van der Waals surface area contributed by atoms with Crippen molar-refractivity contribution in [2.45, 2.75) is 32.7 Å². The molecule has 2 aromatic heterocycles. The number of ether oxygens (including phenoxy) is 2. The average molecular weight is 721 g/mol. The highest BCUT2D eigenvalue weighted by Crippen LogP contribution is 2.39. The fourth-order valence-corrected chi connectivity index (χ4v) is 6.77. The van der Waals surface area contributed by atoms with Crippen LogP contribution in [-0.4, -0.2) is 29.2 Å². The SMILES string of the molecule is CCCC1=C(C(=O)OCC)[C@@H](c2cc(Br)ccc2OC)n2c(s/c(=C/c3ccc(-c4cc(Cl)c([N+](=O)[O-])cc4Cl)o3)c2=O)=N1. The van der Waals surface area contributed by atoms with Crippen molar-refractivity contribution in [1.29, 1.82) is 0 Å². The molecule has 1 atom stereocenters. The number of nitro benzene ring substituents is 1. The van der Waals surface area contributed by atoms with E-state index in [2.05, 4.69) is 15.9 Å². The molecule has 0 bridgehead atoms. The number of furan rings is 1. The zero-order valence-corrected chi connectivity index (χ0v) is 27.5. The third-order valence-corrected chi connectivity index (χ3v) is 8.87. The zero-order valence-electron chi connectivity index (χ0n) is 23.6. The van der Waals surface area contributed by atoms with Crippen LogP contribution in [0.3, 0.4) is 0 Å². The molecule has 0 unspecified atom stereocenters. The summed E-state index contributed by atoms with van der Waals surface area (Å²) < 4.78 is 19.6. The van der Waals surface area contributed by atoms with Crippen molar-refractivity contribution in [3.63, 3.8) is 0 Å². The van der Waals surface area contributed by atoms with Gasteiger partial charge in [-0.1, -0.05) is 63.8 Å². The predicted molar refractivity (Wildman–Crippen MR) is 171 cm³/mol. The summed E-state index contributed by atoms with van der Waals surface area (Å²) in [4.78, 5) is 43.3. The second kappa shape index (κ2) is 13.1. The first-order chi connectivity index (χ1) is 21.1. The van der Waals surface area contributed by atoms with E-state index in [0.29, 0.717) is 56.3 Å². The van der Waals surface area contributed by atoms with Crippen molar-refractivity contribution in [1.82, 2.24) is 4.57 Å². The number of methoxy groups -OCH3 is 1. The van der Waals surface area contributed by atoms with Gasteiger partial charge in [-0.2, -0.15) is 0 Å². The number of hydrogen-bond acceptors (Lipinski definition) is 9. The first-order valence-electron chi connectivity index (χ1n) is 13.4. The van der Waals surface area contributed by atoms with Crippen molar-refractivity contribution in [2.24, 2.45) is 4.99 Å². The predicted octanol–water partition coefficient (Wildman–Crippen LogP) is 6.82. The number of benzene rings is 2. The number of esters is 1. The Hall–Kier alpha value is -3.71. The molecule has 1 aliphatic heterocycles. The van der Waals surface area contributed by atoms with Crippen LogP contribution < -0.4 is 19.6 Å². The maximum absolute atomic E-state index is 14.1. The second-order valence-electron chi connectivity index (χ2n) is 9.54. The van der Waals surface area contributed by atoms with Crippen molar-refractivity contribution in [2.75, 3.05) is 13.7 Å². The lowest BCUT2D eigenvalue weighted by molar-refractivity contribution is -0.384. The van der Waals surface area contributed by atoms with Gasteiger partial charge in [-0.3, -0.25) is 19.5 Å². The van der Waals surface area contributed by atoms with Crippen molar-refractivity contribution >= 4 is 68.2 Å². The molecule has 44 heavy (non-hydrogen) atoms. The Kier molecular flexibility index (Phi) is 9.45. The fourth-order valence-electron chi connectivity index (χ4n) is 4.90. The Labute approximate surface area is 273 Å². The minimum Gasteiger partial charge on any atom is -0.496 e. The number of rotatable bonds is 9. The first-order valence-corrected chi connectivity index (χ1v) is 15.7. The van der Waals surface area contributed by atoms with Gasteiger partial charge in [0.05, 0.1) is 39.5 Å². The van der Waals surface area contributed by atoms with Crippen LogP contribution in [0.2, 0.25) is 10.0 Å². The number of thiazole rings is 1. The van der Waals surface area contributed by atoms with Gasteiger partial charge in [0.2, 0.25) is 0 Å². The normalized spacial score (nSPS) is 14.8. The maximum atomic E-state index is 14.1. The number of hydrogen-bond donors (Lipinski definition) is 0. The summed E-state index contributed by atoms with van der Waals surface area (Å²) >= 11 is 17.1. The number of aromatic nitrogens is 1. The molecule has 0 aliphatic carbocycles. The molecule has 0 N–H and O–H groups in total. The van der Waals surface area contributed by atoms with E-state index in [0.717, 1.165) is 21.9 Å². The fraction of sp³-hybridized carbons (Fsp3) is 0.233. The number of allylic oxidation sites excluding steroid dienone is 1. The Morgan fingerprint density at radius 3 is 2.66 bits per heavy atom.